The van der Waals surface area contributed by atoms with Gasteiger partial charge in [-0.15, -0.1) is 0 Å². The van der Waals surface area contributed by atoms with Crippen molar-refractivity contribution in [3.8, 4) is 17.5 Å². The number of piperidine rings is 1. The molecule has 114 valence electrons. The van der Waals surface area contributed by atoms with Crippen LogP contribution in [0.2, 0.25) is 0 Å². The molecule has 1 aromatic heterocycles. The van der Waals surface area contributed by atoms with Gasteiger partial charge in [-0.25, -0.2) is 4.39 Å². The Morgan fingerprint density at radius 3 is 2.59 bits per heavy atom. The van der Waals surface area contributed by atoms with E-state index < -0.39 is 5.82 Å². The van der Waals surface area contributed by atoms with Crippen molar-refractivity contribution < 1.29 is 8.81 Å². The van der Waals surface area contributed by atoms with Crippen molar-refractivity contribution in [3.05, 3.63) is 35.8 Å². The number of hydrogen-bond acceptors (Lipinski definition) is 4. The van der Waals surface area contributed by atoms with Gasteiger partial charge < -0.3 is 9.32 Å². The van der Waals surface area contributed by atoms with Crippen molar-refractivity contribution in [3.63, 3.8) is 0 Å². The average Bonchev–Trinajstić information content (AvgIpc) is 2.91. The third-order valence-electron chi connectivity index (χ3n) is 3.98. The molecule has 1 aliphatic heterocycles. The zero-order chi connectivity index (χ0) is 15.7. The Bertz CT molecular complexity index is 709. The van der Waals surface area contributed by atoms with Crippen LogP contribution in [0, 0.1) is 29.0 Å². The molecule has 1 aromatic carbocycles. The summed E-state index contributed by atoms with van der Waals surface area (Å²) in [4.78, 5) is 6.23. The molecule has 22 heavy (non-hydrogen) atoms. The molecule has 0 unspecified atom stereocenters. The Morgan fingerprint density at radius 1 is 1.27 bits per heavy atom. The van der Waals surface area contributed by atoms with Gasteiger partial charge in [0.15, 0.2) is 0 Å². The number of nitrogens with zero attached hydrogens (tertiary/aromatic N) is 3. The predicted molar refractivity (Wildman–Crippen MR) is 81.8 cm³/mol. The Morgan fingerprint density at radius 2 is 1.95 bits per heavy atom. The zero-order valence-corrected chi connectivity index (χ0v) is 12.7. The summed E-state index contributed by atoms with van der Waals surface area (Å²) in [5.74, 6) is 1.27. The molecule has 5 heteroatoms. The molecule has 0 bridgehead atoms. The van der Waals surface area contributed by atoms with E-state index in [-0.39, 0.29) is 17.1 Å². The summed E-state index contributed by atoms with van der Waals surface area (Å²) in [7, 11) is 0. The molecule has 2 aromatic rings. The van der Waals surface area contributed by atoms with E-state index in [2.05, 4.69) is 29.8 Å². The Kier molecular flexibility index (Phi) is 3.84. The third kappa shape index (κ3) is 2.69. The lowest BCUT2D eigenvalue weighted by atomic mass is 9.92. The van der Waals surface area contributed by atoms with Gasteiger partial charge in [0.1, 0.15) is 11.9 Å². The lowest BCUT2D eigenvalue weighted by molar-refractivity contribution is 0.344. The summed E-state index contributed by atoms with van der Waals surface area (Å²) in [6.45, 7) is 6.02. The molecule has 1 saturated heterocycles. The first kappa shape index (κ1) is 14.6. The molecular weight excluding hydrogens is 281 g/mol. The maximum absolute atomic E-state index is 13.9. The smallest absolute Gasteiger partial charge is 0.235 e. The highest BCUT2D eigenvalue weighted by Gasteiger charge is 2.28. The largest absolute Gasteiger partial charge is 0.419 e. The number of oxazole rings is 1. The normalized spacial score (nSPS) is 21.6. The van der Waals surface area contributed by atoms with Crippen LogP contribution in [-0.2, 0) is 0 Å². The van der Waals surface area contributed by atoms with E-state index >= 15 is 0 Å². The second kappa shape index (κ2) is 5.80. The van der Waals surface area contributed by atoms with Crippen LogP contribution in [-0.4, -0.2) is 18.1 Å². The van der Waals surface area contributed by atoms with Crippen molar-refractivity contribution in [1.82, 2.24) is 4.98 Å². The maximum Gasteiger partial charge on any atom is 0.235 e. The minimum atomic E-state index is -0.403. The first-order valence-corrected chi connectivity index (χ1v) is 7.49. The van der Waals surface area contributed by atoms with Crippen LogP contribution in [0.4, 0.5) is 10.3 Å². The van der Waals surface area contributed by atoms with Crippen LogP contribution in [0.1, 0.15) is 26.0 Å². The van der Waals surface area contributed by atoms with Gasteiger partial charge >= 0.3 is 0 Å². The molecule has 1 fully saturated rings. The fourth-order valence-electron chi connectivity index (χ4n) is 3.18. The second-order valence-electron chi connectivity index (χ2n) is 6.12. The first-order valence-electron chi connectivity index (χ1n) is 7.49. The van der Waals surface area contributed by atoms with Crippen molar-refractivity contribution in [2.75, 3.05) is 18.0 Å². The summed E-state index contributed by atoms with van der Waals surface area (Å²) in [6.07, 6.45) is 1.16. The highest BCUT2D eigenvalue weighted by molar-refractivity contribution is 5.60. The van der Waals surface area contributed by atoms with Gasteiger partial charge in [0, 0.05) is 13.1 Å². The van der Waals surface area contributed by atoms with Crippen LogP contribution in [0.3, 0.4) is 0 Å². The van der Waals surface area contributed by atoms with Crippen molar-refractivity contribution >= 4 is 5.88 Å². The van der Waals surface area contributed by atoms with E-state index in [0.29, 0.717) is 17.7 Å². The standard InChI is InChI=1S/C17H18FN3O/c1-11-7-12(2)10-21(9-11)17-15(8-19)20-16(22-17)13-5-3-4-6-14(13)18/h3-6,11-12H,7,9-10H2,1-2H3/t11-,12-/m1/s1. The monoisotopic (exact) mass is 299 g/mol. The number of rotatable bonds is 2. The summed E-state index contributed by atoms with van der Waals surface area (Å²) >= 11 is 0. The van der Waals surface area contributed by atoms with Gasteiger partial charge in [0.2, 0.25) is 17.5 Å². The van der Waals surface area contributed by atoms with Crippen LogP contribution >= 0.6 is 0 Å². The van der Waals surface area contributed by atoms with Crippen LogP contribution in [0.15, 0.2) is 28.7 Å². The van der Waals surface area contributed by atoms with Gasteiger partial charge in [-0.3, -0.25) is 0 Å². The molecule has 4 nitrogen and oxygen atoms in total. The minimum absolute atomic E-state index is 0.163. The van der Waals surface area contributed by atoms with Gasteiger partial charge in [-0.2, -0.15) is 10.2 Å². The molecule has 0 spiro atoms. The Labute approximate surface area is 129 Å². The molecule has 3 rings (SSSR count). The fraction of sp³-hybridized carbons (Fsp3) is 0.412. The van der Waals surface area contributed by atoms with Crippen molar-refractivity contribution in [2.24, 2.45) is 11.8 Å². The number of halogens is 1. The number of aromatic nitrogens is 1. The van der Waals surface area contributed by atoms with E-state index in [0.717, 1.165) is 19.5 Å². The quantitative estimate of drug-likeness (QED) is 0.845. The van der Waals surface area contributed by atoms with Gasteiger partial charge in [0.25, 0.3) is 0 Å². The molecule has 2 heterocycles. The van der Waals surface area contributed by atoms with Crippen molar-refractivity contribution in [2.45, 2.75) is 20.3 Å². The van der Waals surface area contributed by atoms with Crippen molar-refractivity contribution in [1.29, 1.82) is 5.26 Å². The van der Waals surface area contributed by atoms with E-state index in [1.54, 1.807) is 18.2 Å². The third-order valence-corrected chi connectivity index (χ3v) is 3.98. The van der Waals surface area contributed by atoms with Gasteiger partial charge in [-0.1, -0.05) is 26.0 Å². The summed E-state index contributed by atoms with van der Waals surface area (Å²) in [5, 5.41) is 9.32. The Hall–Kier alpha value is -2.35. The fourth-order valence-corrected chi connectivity index (χ4v) is 3.18. The number of hydrogen-bond donors (Lipinski definition) is 0. The minimum Gasteiger partial charge on any atom is -0.419 e. The van der Waals surface area contributed by atoms with Crippen LogP contribution < -0.4 is 4.90 Å². The van der Waals surface area contributed by atoms with Crippen LogP contribution in [0.5, 0.6) is 0 Å². The highest BCUT2D eigenvalue weighted by atomic mass is 19.1. The number of benzene rings is 1. The molecule has 0 radical (unpaired) electrons. The van der Waals surface area contributed by atoms with E-state index in [1.807, 2.05) is 0 Å². The lowest BCUT2D eigenvalue weighted by Gasteiger charge is -2.34. The molecule has 0 amide bonds. The number of nitriles is 1. The van der Waals surface area contributed by atoms with E-state index in [1.165, 1.54) is 6.07 Å². The molecule has 0 N–H and O–H groups in total. The molecule has 2 atom stereocenters. The first-order chi connectivity index (χ1) is 10.6. The zero-order valence-electron chi connectivity index (χ0n) is 12.7. The van der Waals surface area contributed by atoms with Crippen LogP contribution in [0.25, 0.3) is 11.5 Å². The van der Waals surface area contributed by atoms with Gasteiger partial charge in [-0.05, 0) is 30.4 Å². The summed E-state index contributed by atoms with van der Waals surface area (Å²) in [5.41, 5.74) is 0.503. The maximum atomic E-state index is 13.9. The lowest BCUT2D eigenvalue weighted by Crippen LogP contribution is -2.38. The summed E-state index contributed by atoms with van der Waals surface area (Å²) in [6, 6.07) is 8.36. The topological polar surface area (TPSA) is 53.1 Å². The molecular formula is C17H18FN3O. The molecule has 0 aliphatic carbocycles. The predicted octanol–water partition coefficient (Wildman–Crippen LogP) is 3.83. The van der Waals surface area contributed by atoms with E-state index in [4.69, 9.17) is 4.42 Å². The Balaban J connectivity index is 1.99. The van der Waals surface area contributed by atoms with Gasteiger partial charge in [0.05, 0.1) is 5.56 Å². The molecule has 1 aliphatic rings. The van der Waals surface area contributed by atoms with E-state index in [9.17, 15) is 9.65 Å². The average molecular weight is 299 g/mol. The number of anilines is 1. The highest BCUT2D eigenvalue weighted by Crippen LogP contribution is 2.33. The SMILES string of the molecule is C[C@@H]1C[C@@H](C)CN(c2oc(-c3ccccc3F)nc2C#N)C1. The molecule has 0 saturated carbocycles. The summed E-state index contributed by atoms with van der Waals surface area (Å²) < 4.78 is 19.7. The second-order valence-corrected chi connectivity index (χ2v) is 6.12.